The molecule has 1 saturated carbocycles. The summed E-state index contributed by atoms with van der Waals surface area (Å²) >= 11 is 0. The first-order chi connectivity index (χ1) is 19.2. The number of benzene rings is 1. The molecule has 0 amide bonds. The molecule has 4 aliphatic rings. The molecule has 0 bridgehead atoms. The van der Waals surface area contributed by atoms with E-state index in [0.29, 0.717) is 12.1 Å². The predicted octanol–water partition coefficient (Wildman–Crippen LogP) is 3.93. The van der Waals surface area contributed by atoms with Crippen LogP contribution in [0.4, 0.5) is 0 Å². The van der Waals surface area contributed by atoms with Crippen LogP contribution in [0.25, 0.3) is 22.3 Å². The topological polar surface area (TPSA) is 83.5 Å². The number of piperidine rings is 1. The molecule has 2 saturated heterocycles. The number of phenols is 1. The van der Waals surface area contributed by atoms with Crippen LogP contribution < -0.4 is 5.32 Å². The van der Waals surface area contributed by atoms with Crippen molar-refractivity contribution in [3.05, 3.63) is 41.6 Å². The highest BCUT2D eigenvalue weighted by molar-refractivity contribution is 5.86. The number of fused-ring (bicyclic) bond motifs is 3. The van der Waals surface area contributed by atoms with Gasteiger partial charge in [-0.3, -0.25) is 14.7 Å². The monoisotopic (exact) mass is 529 g/mol. The maximum atomic E-state index is 10.4. The van der Waals surface area contributed by atoms with Crippen LogP contribution >= 0.6 is 0 Å². The Bertz CT molecular complexity index is 1290. The van der Waals surface area contributed by atoms with Gasteiger partial charge in [0, 0.05) is 80.0 Å². The molecule has 3 aromatic rings. The van der Waals surface area contributed by atoms with Gasteiger partial charge >= 0.3 is 0 Å². The van der Waals surface area contributed by atoms with Crippen LogP contribution in [0.1, 0.15) is 62.7 Å². The van der Waals surface area contributed by atoms with Crippen molar-refractivity contribution in [3.8, 4) is 17.0 Å². The zero-order chi connectivity index (χ0) is 26.3. The van der Waals surface area contributed by atoms with E-state index in [1.807, 2.05) is 18.2 Å². The van der Waals surface area contributed by atoms with E-state index in [9.17, 15) is 5.11 Å². The van der Waals surface area contributed by atoms with Crippen LogP contribution in [0.5, 0.6) is 5.75 Å². The number of hydrogen-bond acceptors (Lipinski definition) is 7. The summed E-state index contributed by atoms with van der Waals surface area (Å²) in [7, 11) is 0. The fourth-order valence-corrected chi connectivity index (χ4v) is 8.05. The normalized spacial score (nSPS) is 28.1. The lowest BCUT2D eigenvalue weighted by atomic mass is 9.86. The van der Waals surface area contributed by atoms with Crippen LogP contribution in [0.3, 0.4) is 0 Å². The third-order valence-electron chi connectivity index (χ3n) is 10.2. The van der Waals surface area contributed by atoms with Gasteiger partial charge in [0.1, 0.15) is 5.75 Å². The molecule has 39 heavy (non-hydrogen) atoms. The Balaban J connectivity index is 1.01. The van der Waals surface area contributed by atoms with E-state index >= 15 is 0 Å². The van der Waals surface area contributed by atoms with Gasteiger partial charge < -0.3 is 15.4 Å². The van der Waals surface area contributed by atoms with Crippen molar-refractivity contribution >= 4 is 11.0 Å². The van der Waals surface area contributed by atoms with Gasteiger partial charge in [-0.05, 0) is 82.3 Å². The molecule has 3 fully saturated rings. The molecule has 7 rings (SSSR count). The summed E-state index contributed by atoms with van der Waals surface area (Å²) in [6.07, 6.45) is 8.91. The highest BCUT2D eigenvalue weighted by Gasteiger charge is 2.36. The fourth-order valence-electron chi connectivity index (χ4n) is 8.05. The number of phenolic OH excluding ortho intramolecular Hbond substituents is 1. The van der Waals surface area contributed by atoms with E-state index in [1.165, 1.54) is 89.1 Å². The molecule has 2 aromatic heterocycles. The number of aromatic amines is 1. The van der Waals surface area contributed by atoms with E-state index < -0.39 is 0 Å². The van der Waals surface area contributed by atoms with Gasteiger partial charge in [0.15, 0.2) is 5.65 Å². The Kier molecular flexibility index (Phi) is 7.05. The van der Waals surface area contributed by atoms with Crippen molar-refractivity contribution in [1.82, 2.24) is 35.2 Å². The maximum Gasteiger partial charge on any atom is 0.160 e. The Labute approximate surface area is 231 Å². The van der Waals surface area contributed by atoms with Gasteiger partial charge in [-0.1, -0.05) is 12.1 Å². The second-order valence-electron chi connectivity index (χ2n) is 12.2. The van der Waals surface area contributed by atoms with Crippen LogP contribution in [0.2, 0.25) is 0 Å². The largest absolute Gasteiger partial charge is 0.507 e. The van der Waals surface area contributed by atoms with E-state index in [4.69, 9.17) is 0 Å². The summed E-state index contributed by atoms with van der Waals surface area (Å²) in [5.41, 5.74) is 5.00. The zero-order valence-corrected chi connectivity index (χ0v) is 23.3. The fraction of sp³-hybridized carbons (Fsp3) is 0.613. The first-order valence-corrected chi connectivity index (χ1v) is 15.3. The van der Waals surface area contributed by atoms with Crippen molar-refractivity contribution in [2.24, 2.45) is 0 Å². The average molecular weight is 530 g/mol. The summed E-state index contributed by atoms with van der Waals surface area (Å²) in [6, 6.07) is 12.1. The van der Waals surface area contributed by atoms with Crippen molar-refractivity contribution < 1.29 is 5.11 Å². The predicted molar refractivity (Wildman–Crippen MR) is 155 cm³/mol. The maximum absolute atomic E-state index is 10.4. The van der Waals surface area contributed by atoms with Crippen LogP contribution in [0.15, 0.2) is 30.3 Å². The summed E-state index contributed by atoms with van der Waals surface area (Å²) in [6.45, 7) is 10.9. The summed E-state index contributed by atoms with van der Waals surface area (Å²) < 4.78 is 0. The highest BCUT2D eigenvalue weighted by atomic mass is 16.3. The first kappa shape index (κ1) is 25.4. The molecule has 208 valence electrons. The third kappa shape index (κ3) is 4.86. The van der Waals surface area contributed by atoms with E-state index in [2.05, 4.69) is 48.2 Å². The Hall–Kier alpha value is -2.52. The average Bonchev–Trinajstić information content (AvgIpc) is 3.37. The number of nitrogens with zero attached hydrogens (tertiary/aromatic N) is 5. The lowest BCUT2D eigenvalue weighted by Gasteiger charge is -2.47. The van der Waals surface area contributed by atoms with Crippen LogP contribution in [0, 0.1) is 0 Å². The van der Waals surface area contributed by atoms with Crippen molar-refractivity contribution in [2.75, 3.05) is 45.8 Å². The molecule has 8 heteroatoms. The van der Waals surface area contributed by atoms with E-state index in [1.54, 1.807) is 6.07 Å². The van der Waals surface area contributed by atoms with Crippen molar-refractivity contribution in [1.29, 1.82) is 0 Å². The molecule has 0 spiro atoms. The van der Waals surface area contributed by atoms with Gasteiger partial charge in [-0.15, -0.1) is 10.2 Å². The van der Waals surface area contributed by atoms with Gasteiger partial charge in [0.05, 0.1) is 5.69 Å². The minimum Gasteiger partial charge on any atom is -0.507 e. The molecule has 1 aliphatic carbocycles. The smallest absolute Gasteiger partial charge is 0.160 e. The van der Waals surface area contributed by atoms with E-state index in [-0.39, 0.29) is 5.75 Å². The zero-order valence-electron chi connectivity index (χ0n) is 23.3. The number of rotatable bonds is 4. The third-order valence-corrected chi connectivity index (χ3v) is 10.2. The van der Waals surface area contributed by atoms with Crippen LogP contribution in [-0.2, 0) is 6.42 Å². The Morgan fingerprint density at radius 1 is 0.821 bits per heavy atom. The van der Waals surface area contributed by atoms with Crippen molar-refractivity contribution in [3.63, 3.8) is 0 Å². The molecule has 0 radical (unpaired) electrons. The Morgan fingerprint density at radius 3 is 2.21 bits per heavy atom. The number of H-pyrrole nitrogens is 1. The van der Waals surface area contributed by atoms with Crippen LogP contribution in [-0.4, -0.2) is 98.9 Å². The second kappa shape index (κ2) is 10.8. The van der Waals surface area contributed by atoms with Crippen molar-refractivity contribution in [2.45, 2.75) is 76.0 Å². The molecule has 3 aliphatic heterocycles. The lowest BCUT2D eigenvalue weighted by Crippen LogP contribution is -2.56. The molecule has 0 unspecified atom stereocenters. The summed E-state index contributed by atoms with van der Waals surface area (Å²) in [4.78, 5) is 11.9. The molecule has 5 heterocycles. The first-order valence-electron chi connectivity index (χ1n) is 15.3. The minimum atomic E-state index is 0.245. The summed E-state index contributed by atoms with van der Waals surface area (Å²) in [5.74, 6) is 0.245. The number of aromatic nitrogens is 3. The SMILES string of the molecule is C[C@@H]1c2c([nH]c3nnc(-c4ccccc4O)cc23)CCN1C1CCC(N2CCN(C3CCNCC3)CC2)CC1. The minimum absolute atomic E-state index is 0.245. The second-order valence-corrected chi connectivity index (χ2v) is 12.2. The number of para-hydroxylation sites is 1. The Morgan fingerprint density at radius 2 is 1.49 bits per heavy atom. The van der Waals surface area contributed by atoms with E-state index in [0.717, 1.165) is 47.3 Å². The number of hydrogen-bond donors (Lipinski definition) is 3. The number of nitrogens with one attached hydrogen (secondary N) is 2. The lowest BCUT2D eigenvalue weighted by molar-refractivity contribution is 0.0280. The van der Waals surface area contributed by atoms with Gasteiger partial charge in [0.25, 0.3) is 0 Å². The molecular weight excluding hydrogens is 486 g/mol. The highest BCUT2D eigenvalue weighted by Crippen LogP contribution is 2.40. The van der Waals surface area contributed by atoms with Gasteiger partial charge in [-0.25, -0.2) is 0 Å². The number of piperazine rings is 1. The molecule has 1 atom stereocenters. The van der Waals surface area contributed by atoms with Gasteiger partial charge in [0.2, 0.25) is 0 Å². The molecule has 1 aromatic carbocycles. The number of aromatic hydroxyl groups is 1. The molecule has 8 nitrogen and oxygen atoms in total. The molecule has 3 N–H and O–H groups in total. The standard InChI is InChI=1S/C31H43N7O/c1-21-30-26-20-28(25-4-2-3-5-29(25)39)34-35-31(26)33-27(30)12-15-38(21)24-8-6-22(7-9-24)36-16-18-37(19-17-36)23-10-13-32-14-11-23/h2-5,20-24,32,39H,6-19H2,1H3,(H,33,35)/t21-,22?,24?/m1/s1. The molecular formula is C31H43N7O. The summed E-state index contributed by atoms with van der Waals surface area (Å²) in [5, 5.41) is 24.0. The van der Waals surface area contributed by atoms with Gasteiger partial charge in [-0.2, -0.15) is 0 Å². The quantitative estimate of drug-likeness (QED) is 0.472.